The highest BCUT2D eigenvalue weighted by molar-refractivity contribution is 5.59. The molecule has 1 rings (SSSR count). The van der Waals surface area contributed by atoms with Crippen molar-refractivity contribution in [3.05, 3.63) is 24.9 Å². The number of allylic oxidation sites excluding steroid dienone is 1. The number of nitrogens with zero attached hydrogens (tertiary/aromatic N) is 4. The van der Waals surface area contributed by atoms with E-state index in [1.165, 1.54) is 0 Å². The summed E-state index contributed by atoms with van der Waals surface area (Å²) >= 11 is 0. The van der Waals surface area contributed by atoms with E-state index in [2.05, 4.69) is 11.1 Å². The Morgan fingerprint density at radius 1 is 1.67 bits per heavy atom. The molecule has 0 radical (unpaired) electrons. The molecule has 0 aromatic carbocycles. The molecule has 0 fully saturated rings. The van der Waals surface area contributed by atoms with E-state index in [1.807, 2.05) is 19.0 Å². The van der Waals surface area contributed by atoms with Crippen LogP contribution in [-0.2, 0) is 0 Å². The summed E-state index contributed by atoms with van der Waals surface area (Å²) in [5, 5.41) is 8.75. The normalized spacial score (nSPS) is 10.9. The lowest BCUT2D eigenvalue weighted by Gasteiger charge is -2.05. The number of rotatable bonds is 2. The number of aromatic nitrogens is 2. The third-order valence-electron chi connectivity index (χ3n) is 1.28. The van der Waals surface area contributed by atoms with Crippen LogP contribution in [0.25, 0.3) is 5.70 Å². The van der Waals surface area contributed by atoms with Crippen LogP contribution in [0.3, 0.4) is 0 Å². The summed E-state index contributed by atoms with van der Waals surface area (Å²) in [4.78, 5) is 5.67. The minimum Gasteiger partial charge on any atom is -0.381 e. The topological polar surface area (TPSA) is 44.9 Å². The molecule has 0 bridgehead atoms. The molecule has 0 amide bonds. The average molecular weight is 162 g/mol. The largest absolute Gasteiger partial charge is 0.381 e. The van der Waals surface area contributed by atoms with Crippen molar-refractivity contribution in [2.75, 3.05) is 14.1 Å². The van der Waals surface area contributed by atoms with Crippen molar-refractivity contribution in [1.82, 2.24) is 14.5 Å². The van der Waals surface area contributed by atoms with E-state index in [9.17, 15) is 0 Å². The number of hydrogen-bond acceptors (Lipinski definition) is 3. The third-order valence-corrected chi connectivity index (χ3v) is 1.28. The molecule has 0 saturated heterocycles. The first-order valence-electron chi connectivity index (χ1n) is 3.50. The molecule has 62 valence electrons. The van der Waals surface area contributed by atoms with E-state index < -0.39 is 0 Å². The van der Waals surface area contributed by atoms with E-state index in [4.69, 9.17) is 5.26 Å². The third kappa shape index (κ3) is 1.86. The fourth-order valence-electron chi connectivity index (χ4n) is 0.799. The standard InChI is InChI=1S/C8H10N4/c1-11(2)6-8(5-9)12-4-3-10-7-12/h3-4,6-7H,1-2H3/b8-6+. The zero-order chi connectivity index (χ0) is 8.97. The predicted molar refractivity (Wildman–Crippen MR) is 45.8 cm³/mol. The number of nitriles is 1. The number of imidazole rings is 1. The minimum atomic E-state index is 0.553. The van der Waals surface area contributed by atoms with Gasteiger partial charge in [0, 0.05) is 32.7 Å². The maximum absolute atomic E-state index is 8.75. The summed E-state index contributed by atoms with van der Waals surface area (Å²) in [6.45, 7) is 0. The average Bonchev–Trinajstić information content (AvgIpc) is 2.51. The quantitative estimate of drug-likeness (QED) is 0.603. The Morgan fingerprint density at radius 2 is 2.42 bits per heavy atom. The zero-order valence-electron chi connectivity index (χ0n) is 7.10. The zero-order valence-corrected chi connectivity index (χ0v) is 7.10. The van der Waals surface area contributed by atoms with Gasteiger partial charge in [0.15, 0.2) is 0 Å². The molecule has 0 aliphatic carbocycles. The van der Waals surface area contributed by atoms with Gasteiger partial charge in [0.05, 0.1) is 6.33 Å². The molecule has 12 heavy (non-hydrogen) atoms. The molecule has 1 aromatic heterocycles. The van der Waals surface area contributed by atoms with Gasteiger partial charge < -0.3 is 4.90 Å². The fourth-order valence-corrected chi connectivity index (χ4v) is 0.799. The van der Waals surface area contributed by atoms with Gasteiger partial charge in [0.1, 0.15) is 11.8 Å². The maximum Gasteiger partial charge on any atom is 0.141 e. The van der Waals surface area contributed by atoms with Crippen molar-refractivity contribution < 1.29 is 0 Å². The van der Waals surface area contributed by atoms with E-state index in [1.54, 1.807) is 29.5 Å². The Hall–Kier alpha value is -1.76. The van der Waals surface area contributed by atoms with E-state index >= 15 is 0 Å². The molecule has 0 spiro atoms. The van der Waals surface area contributed by atoms with E-state index in [0.717, 1.165) is 0 Å². The van der Waals surface area contributed by atoms with Gasteiger partial charge in [-0.05, 0) is 0 Å². The maximum atomic E-state index is 8.75. The van der Waals surface area contributed by atoms with Crippen LogP contribution in [0.15, 0.2) is 24.9 Å². The Kier molecular flexibility index (Phi) is 2.49. The lowest BCUT2D eigenvalue weighted by atomic mass is 10.5. The van der Waals surface area contributed by atoms with E-state index in [0.29, 0.717) is 5.70 Å². The first-order chi connectivity index (χ1) is 5.74. The Morgan fingerprint density at radius 3 is 2.83 bits per heavy atom. The van der Waals surface area contributed by atoms with Crippen LogP contribution in [0.5, 0.6) is 0 Å². The molecule has 0 atom stereocenters. The Labute approximate surface area is 71.4 Å². The van der Waals surface area contributed by atoms with Crippen LogP contribution in [-0.4, -0.2) is 28.5 Å². The minimum absolute atomic E-state index is 0.553. The van der Waals surface area contributed by atoms with Crippen LogP contribution in [0, 0.1) is 11.3 Å². The van der Waals surface area contributed by atoms with Gasteiger partial charge in [0.2, 0.25) is 0 Å². The summed E-state index contributed by atoms with van der Waals surface area (Å²) in [7, 11) is 3.74. The fraction of sp³-hybridized carbons (Fsp3) is 0.250. The van der Waals surface area contributed by atoms with Crippen LogP contribution in [0.2, 0.25) is 0 Å². The van der Waals surface area contributed by atoms with Crippen LogP contribution >= 0.6 is 0 Å². The Bertz CT molecular complexity index is 302. The molecule has 0 unspecified atom stereocenters. The van der Waals surface area contributed by atoms with Crippen LogP contribution < -0.4 is 0 Å². The van der Waals surface area contributed by atoms with Gasteiger partial charge in [0.25, 0.3) is 0 Å². The van der Waals surface area contributed by atoms with Crippen molar-refractivity contribution in [2.24, 2.45) is 0 Å². The van der Waals surface area contributed by atoms with Gasteiger partial charge >= 0.3 is 0 Å². The van der Waals surface area contributed by atoms with Crippen molar-refractivity contribution in [3.63, 3.8) is 0 Å². The molecule has 1 heterocycles. The highest BCUT2D eigenvalue weighted by atomic mass is 15.1. The van der Waals surface area contributed by atoms with Gasteiger partial charge in [-0.25, -0.2) is 4.98 Å². The lowest BCUT2D eigenvalue weighted by molar-refractivity contribution is 0.563. The molecule has 4 nitrogen and oxygen atoms in total. The van der Waals surface area contributed by atoms with Gasteiger partial charge in [-0.2, -0.15) is 5.26 Å². The van der Waals surface area contributed by atoms with Gasteiger partial charge in [-0.1, -0.05) is 0 Å². The molecule has 0 aliphatic heterocycles. The second-order valence-corrected chi connectivity index (χ2v) is 2.56. The summed E-state index contributed by atoms with van der Waals surface area (Å²) in [6, 6.07) is 2.08. The summed E-state index contributed by atoms with van der Waals surface area (Å²) in [5.41, 5.74) is 0.553. The first kappa shape index (κ1) is 8.34. The summed E-state index contributed by atoms with van der Waals surface area (Å²) < 4.78 is 1.67. The smallest absolute Gasteiger partial charge is 0.141 e. The molecule has 0 saturated carbocycles. The van der Waals surface area contributed by atoms with Crippen molar-refractivity contribution in [2.45, 2.75) is 0 Å². The molecular formula is C8H10N4. The molecule has 4 heteroatoms. The van der Waals surface area contributed by atoms with Crippen LogP contribution in [0.4, 0.5) is 0 Å². The highest BCUT2D eigenvalue weighted by Gasteiger charge is 1.96. The van der Waals surface area contributed by atoms with Crippen molar-refractivity contribution >= 4 is 5.70 Å². The molecule has 1 aromatic rings. The predicted octanol–water partition coefficient (Wildman–Crippen LogP) is 0.767. The summed E-state index contributed by atoms with van der Waals surface area (Å²) in [6.07, 6.45) is 6.71. The molecule has 0 N–H and O–H groups in total. The monoisotopic (exact) mass is 162 g/mol. The molecule has 0 aliphatic rings. The first-order valence-corrected chi connectivity index (χ1v) is 3.50. The SMILES string of the molecule is CN(C)/C=C(\C#N)n1ccnc1. The van der Waals surface area contributed by atoms with Crippen LogP contribution in [0.1, 0.15) is 0 Å². The molecular weight excluding hydrogens is 152 g/mol. The second-order valence-electron chi connectivity index (χ2n) is 2.56. The van der Waals surface area contributed by atoms with Gasteiger partial charge in [-0.3, -0.25) is 4.57 Å². The van der Waals surface area contributed by atoms with Crippen molar-refractivity contribution in [3.8, 4) is 6.07 Å². The van der Waals surface area contributed by atoms with Crippen molar-refractivity contribution in [1.29, 1.82) is 5.26 Å². The summed E-state index contributed by atoms with van der Waals surface area (Å²) in [5.74, 6) is 0. The van der Waals surface area contributed by atoms with E-state index in [-0.39, 0.29) is 0 Å². The number of hydrogen-bond donors (Lipinski definition) is 0. The highest BCUT2D eigenvalue weighted by Crippen LogP contribution is 2.01. The van der Waals surface area contributed by atoms with Gasteiger partial charge in [-0.15, -0.1) is 0 Å². The second kappa shape index (κ2) is 3.58. The lowest BCUT2D eigenvalue weighted by Crippen LogP contribution is -2.04. The Balaban J connectivity index is 2.93.